The van der Waals surface area contributed by atoms with Crippen LogP contribution < -0.4 is 15.0 Å². The van der Waals surface area contributed by atoms with Gasteiger partial charge in [0.05, 0.1) is 24.4 Å². The average molecular weight is 271 g/mol. The van der Waals surface area contributed by atoms with Crippen molar-refractivity contribution in [3.8, 4) is 11.8 Å². The van der Waals surface area contributed by atoms with Gasteiger partial charge >= 0.3 is 0 Å². The molecule has 1 N–H and O–H groups in total. The third-order valence-corrected chi connectivity index (χ3v) is 3.89. The van der Waals surface area contributed by atoms with E-state index in [2.05, 4.69) is 22.4 Å². The minimum atomic E-state index is -0.0289. The van der Waals surface area contributed by atoms with Crippen molar-refractivity contribution in [2.24, 2.45) is 0 Å². The van der Waals surface area contributed by atoms with Gasteiger partial charge in [0.2, 0.25) is 0 Å². The van der Waals surface area contributed by atoms with E-state index in [1.54, 1.807) is 0 Å². The summed E-state index contributed by atoms with van der Waals surface area (Å²) in [6.07, 6.45) is 4.33. The first-order valence-electron chi connectivity index (χ1n) is 7.49. The molecule has 20 heavy (non-hydrogen) atoms. The maximum Gasteiger partial charge on any atom is 0.142 e. The van der Waals surface area contributed by atoms with Gasteiger partial charge in [-0.3, -0.25) is 5.32 Å². The van der Waals surface area contributed by atoms with Crippen molar-refractivity contribution in [2.75, 3.05) is 24.6 Å². The lowest BCUT2D eigenvalue weighted by atomic mass is 10.2. The highest BCUT2D eigenvalue weighted by Gasteiger charge is 2.25. The van der Waals surface area contributed by atoms with Crippen LogP contribution >= 0.6 is 0 Å². The molecule has 0 radical (unpaired) electrons. The van der Waals surface area contributed by atoms with Crippen molar-refractivity contribution in [2.45, 2.75) is 37.8 Å². The molecule has 1 aliphatic heterocycles. The van der Waals surface area contributed by atoms with Gasteiger partial charge in [0.1, 0.15) is 5.75 Å². The molecule has 2 aliphatic rings. The van der Waals surface area contributed by atoms with Gasteiger partial charge in [0.15, 0.2) is 0 Å². The number of hydrogen-bond acceptors (Lipinski definition) is 4. The number of nitrogens with one attached hydrogen (secondary N) is 1. The van der Waals surface area contributed by atoms with Crippen molar-refractivity contribution in [1.29, 1.82) is 5.26 Å². The fraction of sp³-hybridized carbons (Fsp3) is 0.562. The third-order valence-electron chi connectivity index (χ3n) is 3.89. The van der Waals surface area contributed by atoms with Crippen LogP contribution in [-0.2, 0) is 0 Å². The lowest BCUT2D eigenvalue weighted by Crippen LogP contribution is -2.35. The molecule has 4 nitrogen and oxygen atoms in total. The first-order valence-corrected chi connectivity index (χ1v) is 7.49. The van der Waals surface area contributed by atoms with Gasteiger partial charge < -0.3 is 9.64 Å². The average Bonchev–Trinajstić information content (AvgIpc) is 3.30. The van der Waals surface area contributed by atoms with Crippen molar-refractivity contribution >= 4 is 5.69 Å². The monoisotopic (exact) mass is 271 g/mol. The molecule has 1 fully saturated rings. The van der Waals surface area contributed by atoms with E-state index in [1.807, 2.05) is 18.2 Å². The molecule has 1 aromatic rings. The molecule has 1 aliphatic carbocycles. The zero-order valence-corrected chi connectivity index (χ0v) is 11.7. The molecule has 1 atom stereocenters. The highest BCUT2D eigenvalue weighted by Crippen LogP contribution is 2.30. The van der Waals surface area contributed by atoms with Crippen LogP contribution in [0, 0.1) is 11.3 Å². The third kappa shape index (κ3) is 3.23. The SMILES string of the molecule is N#CC(CCN1CCCOc2ccccc21)NC1CC1. The van der Waals surface area contributed by atoms with E-state index in [4.69, 9.17) is 4.74 Å². The molecular weight excluding hydrogens is 250 g/mol. The van der Waals surface area contributed by atoms with Crippen LogP contribution in [0.4, 0.5) is 5.69 Å². The molecule has 1 saturated carbocycles. The van der Waals surface area contributed by atoms with E-state index >= 15 is 0 Å². The van der Waals surface area contributed by atoms with Gasteiger partial charge in [-0.2, -0.15) is 5.26 Å². The Morgan fingerprint density at radius 3 is 3.05 bits per heavy atom. The quantitative estimate of drug-likeness (QED) is 0.893. The molecule has 0 aromatic heterocycles. The molecule has 1 unspecified atom stereocenters. The number of benzene rings is 1. The predicted molar refractivity (Wildman–Crippen MR) is 78.9 cm³/mol. The number of nitrogens with zero attached hydrogens (tertiary/aromatic N) is 2. The topological polar surface area (TPSA) is 48.3 Å². The first-order chi connectivity index (χ1) is 9.86. The van der Waals surface area contributed by atoms with Crippen LogP contribution in [-0.4, -0.2) is 31.8 Å². The van der Waals surface area contributed by atoms with Crippen LogP contribution in [0.1, 0.15) is 25.7 Å². The van der Waals surface area contributed by atoms with Crippen LogP contribution in [0.25, 0.3) is 0 Å². The lowest BCUT2D eigenvalue weighted by Gasteiger charge is -2.25. The Morgan fingerprint density at radius 1 is 1.40 bits per heavy atom. The number of fused-ring (bicyclic) bond motifs is 1. The summed E-state index contributed by atoms with van der Waals surface area (Å²) in [7, 11) is 0. The minimum Gasteiger partial charge on any atom is -0.491 e. The van der Waals surface area contributed by atoms with Crippen molar-refractivity contribution in [1.82, 2.24) is 5.32 Å². The van der Waals surface area contributed by atoms with E-state index in [9.17, 15) is 5.26 Å². The van der Waals surface area contributed by atoms with E-state index < -0.39 is 0 Å². The van der Waals surface area contributed by atoms with Gasteiger partial charge in [0, 0.05) is 19.1 Å². The summed E-state index contributed by atoms with van der Waals surface area (Å²) in [5.41, 5.74) is 1.16. The van der Waals surface area contributed by atoms with Crippen molar-refractivity contribution in [3.05, 3.63) is 24.3 Å². The maximum atomic E-state index is 9.23. The van der Waals surface area contributed by atoms with Crippen LogP contribution in [0.3, 0.4) is 0 Å². The molecule has 0 bridgehead atoms. The van der Waals surface area contributed by atoms with Gasteiger partial charge in [0.25, 0.3) is 0 Å². The molecule has 1 heterocycles. The highest BCUT2D eigenvalue weighted by molar-refractivity contribution is 5.58. The van der Waals surface area contributed by atoms with Crippen molar-refractivity contribution in [3.63, 3.8) is 0 Å². The van der Waals surface area contributed by atoms with Crippen LogP contribution in [0.5, 0.6) is 5.75 Å². The Balaban J connectivity index is 1.62. The summed E-state index contributed by atoms with van der Waals surface area (Å²) in [6.45, 7) is 2.67. The Labute approximate surface area is 120 Å². The van der Waals surface area contributed by atoms with E-state index in [0.29, 0.717) is 6.04 Å². The zero-order valence-electron chi connectivity index (χ0n) is 11.7. The molecule has 106 valence electrons. The number of hydrogen-bond donors (Lipinski definition) is 1. The second-order valence-corrected chi connectivity index (χ2v) is 5.57. The standard InChI is InChI=1S/C16H21N3O/c17-12-14(18-13-6-7-13)8-10-19-9-3-11-20-16-5-2-1-4-15(16)19/h1-2,4-5,13-14,18H,3,6-11H2. The lowest BCUT2D eigenvalue weighted by molar-refractivity contribution is 0.322. The second-order valence-electron chi connectivity index (χ2n) is 5.57. The summed E-state index contributed by atoms with van der Waals surface area (Å²) >= 11 is 0. The number of anilines is 1. The second kappa shape index (κ2) is 6.15. The zero-order chi connectivity index (χ0) is 13.8. The normalized spacial score (nSPS) is 19.4. The molecule has 0 amide bonds. The summed E-state index contributed by atoms with van der Waals surface area (Å²) in [5.74, 6) is 0.966. The maximum absolute atomic E-state index is 9.23. The Bertz CT molecular complexity index is 493. The van der Waals surface area contributed by atoms with Crippen molar-refractivity contribution < 1.29 is 4.74 Å². The molecule has 1 aromatic carbocycles. The number of rotatable bonds is 5. The summed E-state index contributed by atoms with van der Waals surface area (Å²) in [4.78, 5) is 2.35. The Hall–Kier alpha value is -1.73. The fourth-order valence-electron chi connectivity index (χ4n) is 2.64. The smallest absolute Gasteiger partial charge is 0.142 e. The van der Waals surface area contributed by atoms with Gasteiger partial charge in [-0.15, -0.1) is 0 Å². The summed E-state index contributed by atoms with van der Waals surface area (Å²) in [5, 5.41) is 12.6. The van der Waals surface area contributed by atoms with Crippen LogP contribution in [0.15, 0.2) is 24.3 Å². The van der Waals surface area contributed by atoms with Crippen LogP contribution in [0.2, 0.25) is 0 Å². The minimum absolute atomic E-state index is 0.0289. The highest BCUT2D eigenvalue weighted by atomic mass is 16.5. The molecular formula is C16H21N3O. The predicted octanol–water partition coefficient (Wildman–Crippen LogP) is 2.31. The largest absolute Gasteiger partial charge is 0.491 e. The molecule has 0 saturated heterocycles. The summed E-state index contributed by atoms with van der Waals surface area (Å²) in [6, 6.07) is 11.1. The number of para-hydroxylation sites is 2. The van der Waals surface area contributed by atoms with Gasteiger partial charge in [-0.05, 0) is 37.8 Å². The van der Waals surface area contributed by atoms with E-state index in [1.165, 1.54) is 12.8 Å². The number of nitriles is 1. The Morgan fingerprint density at radius 2 is 2.25 bits per heavy atom. The molecule has 0 spiro atoms. The number of ether oxygens (including phenoxy) is 1. The Kier molecular flexibility index (Phi) is 4.08. The van der Waals surface area contributed by atoms with E-state index in [0.717, 1.165) is 44.0 Å². The first kappa shape index (κ1) is 13.3. The fourth-order valence-corrected chi connectivity index (χ4v) is 2.64. The molecule has 3 rings (SSSR count). The molecule has 4 heteroatoms. The van der Waals surface area contributed by atoms with Gasteiger partial charge in [-0.25, -0.2) is 0 Å². The summed E-state index contributed by atoms with van der Waals surface area (Å²) < 4.78 is 5.76. The van der Waals surface area contributed by atoms with E-state index in [-0.39, 0.29) is 6.04 Å². The van der Waals surface area contributed by atoms with Gasteiger partial charge in [-0.1, -0.05) is 12.1 Å².